The number of aryl methyl sites for hydroxylation is 2. The predicted octanol–water partition coefficient (Wildman–Crippen LogP) is 3.55. The Kier molecular flexibility index (Phi) is 6.54. The molecule has 1 saturated heterocycles. The maximum atomic E-state index is 13.0. The summed E-state index contributed by atoms with van der Waals surface area (Å²) in [6, 6.07) is 16.6. The number of anilines is 1. The van der Waals surface area contributed by atoms with Gasteiger partial charge in [-0.15, -0.1) is 10.2 Å². The molecular weight excluding hydrogens is 456 g/mol. The number of hydrogen-bond donors (Lipinski definition) is 2. The molecule has 2 aromatic carbocycles. The number of rotatable bonds is 7. The van der Waals surface area contributed by atoms with Gasteiger partial charge in [-0.1, -0.05) is 36.8 Å². The van der Waals surface area contributed by atoms with Crippen molar-refractivity contribution < 1.29 is 14.4 Å². The molecule has 0 bridgehead atoms. The molecule has 2 N–H and O–H groups in total. The molecule has 2 aliphatic heterocycles. The summed E-state index contributed by atoms with van der Waals surface area (Å²) < 4.78 is 2.17. The van der Waals surface area contributed by atoms with E-state index >= 15 is 0 Å². The monoisotopic (exact) mass is 486 g/mol. The number of imide groups is 1. The lowest BCUT2D eigenvalue weighted by Gasteiger charge is -2.21. The number of hydrogen-bond acceptors (Lipinski definition) is 5. The summed E-state index contributed by atoms with van der Waals surface area (Å²) >= 11 is 0. The van der Waals surface area contributed by atoms with Crippen LogP contribution >= 0.6 is 0 Å². The number of aromatic nitrogens is 3. The molecule has 0 radical (unpaired) electrons. The summed E-state index contributed by atoms with van der Waals surface area (Å²) in [6.07, 6.45) is 5.47. The first-order valence-electron chi connectivity index (χ1n) is 12.4. The van der Waals surface area contributed by atoms with Crippen LogP contribution in [0.2, 0.25) is 0 Å². The SMILES string of the molecule is C[C@]1(CCc2ccccc2)NC(=O)N(CC(=O)Nc2ccc(-c3nnc4n3CCCCC4)cc2)C1=O. The van der Waals surface area contributed by atoms with E-state index in [4.69, 9.17) is 0 Å². The molecule has 36 heavy (non-hydrogen) atoms. The van der Waals surface area contributed by atoms with E-state index in [0.29, 0.717) is 18.5 Å². The maximum Gasteiger partial charge on any atom is 0.325 e. The van der Waals surface area contributed by atoms with Crippen molar-refractivity contribution in [2.45, 2.75) is 57.5 Å². The van der Waals surface area contributed by atoms with Crippen molar-refractivity contribution in [2.24, 2.45) is 0 Å². The van der Waals surface area contributed by atoms with Crippen molar-refractivity contribution in [3.05, 3.63) is 66.0 Å². The van der Waals surface area contributed by atoms with Crippen LogP contribution in [0.15, 0.2) is 54.6 Å². The molecule has 0 spiro atoms. The Balaban J connectivity index is 1.19. The number of urea groups is 1. The summed E-state index contributed by atoms with van der Waals surface area (Å²) in [4.78, 5) is 39.2. The molecule has 4 amide bonds. The molecule has 0 aliphatic carbocycles. The van der Waals surface area contributed by atoms with E-state index in [1.54, 1.807) is 19.1 Å². The lowest BCUT2D eigenvalue weighted by atomic mass is 9.93. The smallest absolute Gasteiger partial charge is 0.325 e. The molecule has 9 heteroatoms. The molecule has 5 rings (SSSR count). The first kappa shape index (κ1) is 23.7. The zero-order valence-electron chi connectivity index (χ0n) is 20.4. The van der Waals surface area contributed by atoms with Gasteiger partial charge in [0.25, 0.3) is 5.91 Å². The van der Waals surface area contributed by atoms with Crippen LogP contribution in [0, 0.1) is 0 Å². The van der Waals surface area contributed by atoms with E-state index in [1.165, 1.54) is 6.42 Å². The van der Waals surface area contributed by atoms with Crippen LogP contribution in [-0.2, 0) is 29.0 Å². The number of carbonyl (C=O) groups excluding carboxylic acids is 3. The van der Waals surface area contributed by atoms with Crippen molar-refractivity contribution in [1.82, 2.24) is 25.0 Å². The van der Waals surface area contributed by atoms with Gasteiger partial charge in [0, 0.05) is 24.2 Å². The van der Waals surface area contributed by atoms with E-state index in [1.807, 2.05) is 42.5 Å². The molecule has 0 saturated carbocycles. The lowest BCUT2D eigenvalue weighted by Crippen LogP contribution is -2.45. The van der Waals surface area contributed by atoms with Gasteiger partial charge in [0.2, 0.25) is 5.91 Å². The molecule has 3 aromatic rings. The first-order chi connectivity index (χ1) is 17.4. The molecule has 1 fully saturated rings. The minimum Gasteiger partial charge on any atom is -0.325 e. The normalized spacial score (nSPS) is 19.5. The second-order valence-electron chi connectivity index (χ2n) is 9.67. The minimum atomic E-state index is -1.04. The maximum absolute atomic E-state index is 13.0. The Morgan fingerprint density at radius 2 is 1.81 bits per heavy atom. The molecular formula is C27H30N6O3. The highest BCUT2D eigenvalue weighted by atomic mass is 16.2. The molecule has 3 heterocycles. The fourth-order valence-corrected chi connectivity index (χ4v) is 4.84. The van der Waals surface area contributed by atoms with Crippen LogP contribution in [0.4, 0.5) is 10.5 Å². The molecule has 186 valence electrons. The van der Waals surface area contributed by atoms with Crippen molar-refractivity contribution in [3.63, 3.8) is 0 Å². The van der Waals surface area contributed by atoms with Crippen LogP contribution in [0.5, 0.6) is 0 Å². The Morgan fingerprint density at radius 3 is 2.58 bits per heavy atom. The van der Waals surface area contributed by atoms with Gasteiger partial charge in [-0.2, -0.15) is 0 Å². The van der Waals surface area contributed by atoms with Crippen molar-refractivity contribution in [3.8, 4) is 11.4 Å². The third-order valence-corrected chi connectivity index (χ3v) is 6.94. The largest absolute Gasteiger partial charge is 0.325 e. The summed E-state index contributed by atoms with van der Waals surface area (Å²) in [5.74, 6) is 1.03. The zero-order chi connectivity index (χ0) is 25.1. The number of fused-ring (bicyclic) bond motifs is 1. The van der Waals surface area contributed by atoms with Gasteiger partial charge < -0.3 is 15.2 Å². The third-order valence-electron chi connectivity index (χ3n) is 6.94. The Labute approximate surface area is 209 Å². The summed E-state index contributed by atoms with van der Waals surface area (Å²) in [7, 11) is 0. The zero-order valence-corrected chi connectivity index (χ0v) is 20.4. The van der Waals surface area contributed by atoms with Gasteiger partial charge in [0.05, 0.1) is 0 Å². The Hall–Kier alpha value is -4.01. The molecule has 2 aliphatic rings. The highest BCUT2D eigenvalue weighted by Crippen LogP contribution is 2.25. The van der Waals surface area contributed by atoms with Gasteiger partial charge in [0.15, 0.2) is 5.82 Å². The Morgan fingerprint density at radius 1 is 1.03 bits per heavy atom. The van der Waals surface area contributed by atoms with Crippen molar-refractivity contribution in [1.29, 1.82) is 0 Å². The second kappa shape index (κ2) is 9.93. The topological polar surface area (TPSA) is 109 Å². The van der Waals surface area contributed by atoms with Gasteiger partial charge >= 0.3 is 6.03 Å². The van der Waals surface area contributed by atoms with Crippen LogP contribution in [0.3, 0.4) is 0 Å². The quantitative estimate of drug-likeness (QED) is 0.497. The van der Waals surface area contributed by atoms with Crippen LogP contribution in [0.25, 0.3) is 11.4 Å². The van der Waals surface area contributed by atoms with Crippen molar-refractivity contribution >= 4 is 23.5 Å². The van der Waals surface area contributed by atoms with E-state index < -0.39 is 17.5 Å². The number of benzene rings is 2. The van der Waals surface area contributed by atoms with Crippen LogP contribution in [0.1, 0.15) is 44.0 Å². The van der Waals surface area contributed by atoms with Gasteiger partial charge in [0.1, 0.15) is 17.9 Å². The fourth-order valence-electron chi connectivity index (χ4n) is 4.84. The summed E-state index contributed by atoms with van der Waals surface area (Å²) in [6.45, 7) is 2.27. The van der Waals surface area contributed by atoms with E-state index in [-0.39, 0.29) is 12.5 Å². The highest BCUT2D eigenvalue weighted by molar-refractivity contribution is 6.09. The summed E-state index contributed by atoms with van der Waals surface area (Å²) in [5, 5.41) is 14.3. The van der Waals surface area contributed by atoms with E-state index in [2.05, 4.69) is 25.4 Å². The van der Waals surface area contributed by atoms with E-state index in [0.717, 1.165) is 53.5 Å². The fraction of sp³-hybridized carbons (Fsp3) is 0.370. The van der Waals surface area contributed by atoms with Crippen LogP contribution in [-0.4, -0.2) is 49.6 Å². The third kappa shape index (κ3) is 4.86. The standard InChI is InChI=1S/C27H30N6O3/c1-27(16-15-19-8-4-2-5-9-19)25(35)33(26(36)29-27)18-23(34)28-21-13-11-20(12-14-21)24-31-30-22-10-6-3-7-17-32(22)24/h2,4-5,8-9,11-14H,3,6-7,10,15-18H2,1H3,(H,28,34)(H,29,36)/t27-/m1/s1. The number of nitrogens with zero attached hydrogens (tertiary/aromatic N) is 4. The summed E-state index contributed by atoms with van der Waals surface area (Å²) in [5.41, 5.74) is 1.56. The average Bonchev–Trinajstić information content (AvgIpc) is 3.26. The number of amides is 4. The molecule has 1 aromatic heterocycles. The minimum absolute atomic E-state index is 0.342. The molecule has 1 atom stereocenters. The average molecular weight is 487 g/mol. The number of nitrogens with one attached hydrogen (secondary N) is 2. The number of carbonyl (C=O) groups is 3. The van der Waals surface area contributed by atoms with Gasteiger partial charge in [-0.25, -0.2) is 4.79 Å². The molecule has 9 nitrogen and oxygen atoms in total. The van der Waals surface area contributed by atoms with Gasteiger partial charge in [-0.05, 0) is 62.4 Å². The second-order valence-corrected chi connectivity index (χ2v) is 9.67. The van der Waals surface area contributed by atoms with Crippen molar-refractivity contribution in [2.75, 3.05) is 11.9 Å². The predicted molar refractivity (Wildman–Crippen MR) is 135 cm³/mol. The highest BCUT2D eigenvalue weighted by Gasteiger charge is 2.47. The Bertz CT molecular complexity index is 1270. The van der Waals surface area contributed by atoms with E-state index in [9.17, 15) is 14.4 Å². The van der Waals surface area contributed by atoms with Gasteiger partial charge in [-0.3, -0.25) is 14.5 Å². The first-order valence-corrected chi connectivity index (χ1v) is 12.4. The molecule has 0 unspecified atom stereocenters. The van der Waals surface area contributed by atoms with Crippen LogP contribution < -0.4 is 10.6 Å². The lowest BCUT2D eigenvalue weighted by molar-refractivity contribution is -0.133.